The van der Waals surface area contributed by atoms with Gasteiger partial charge in [-0.15, -0.1) is 0 Å². The number of rotatable bonds is 3. The van der Waals surface area contributed by atoms with Gasteiger partial charge in [0.1, 0.15) is 5.82 Å². The van der Waals surface area contributed by atoms with Gasteiger partial charge < -0.3 is 11.1 Å². The zero-order valence-corrected chi connectivity index (χ0v) is 9.21. The van der Waals surface area contributed by atoms with Crippen LogP contribution in [-0.2, 0) is 6.54 Å². The predicted molar refractivity (Wildman–Crippen MR) is 62.8 cm³/mol. The lowest BCUT2D eigenvalue weighted by Gasteiger charge is -2.02. The Hall–Kier alpha value is -1.62. The molecule has 2 aromatic rings. The van der Waals surface area contributed by atoms with E-state index in [1.807, 2.05) is 31.2 Å². The van der Waals surface area contributed by atoms with Crippen LogP contribution in [0.25, 0.3) is 0 Å². The molecule has 0 spiro atoms. The molecule has 0 aliphatic heterocycles. The van der Waals surface area contributed by atoms with E-state index >= 15 is 0 Å². The summed E-state index contributed by atoms with van der Waals surface area (Å²) in [7, 11) is 0. The molecule has 15 heavy (non-hydrogen) atoms. The van der Waals surface area contributed by atoms with Crippen LogP contribution in [0.1, 0.15) is 11.4 Å². The van der Waals surface area contributed by atoms with Gasteiger partial charge in [0.15, 0.2) is 0 Å². The van der Waals surface area contributed by atoms with Gasteiger partial charge in [-0.1, -0.05) is 12.1 Å². The Morgan fingerprint density at radius 1 is 1.47 bits per heavy atom. The van der Waals surface area contributed by atoms with Crippen LogP contribution in [0, 0.1) is 6.92 Å². The van der Waals surface area contributed by atoms with Gasteiger partial charge in [-0.25, -0.2) is 4.98 Å². The van der Waals surface area contributed by atoms with Gasteiger partial charge in [-0.3, -0.25) is 0 Å². The molecule has 1 aromatic carbocycles. The third-order valence-electron chi connectivity index (χ3n) is 1.92. The second kappa shape index (κ2) is 4.27. The summed E-state index contributed by atoms with van der Waals surface area (Å²) in [6.07, 6.45) is 0. The van der Waals surface area contributed by atoms with Crippen LogP contribution in [0.15, 0.2) is 24.3 Å². The third-order valence-corrected chi connectivity index (χ3v) is 2.69. The van der Waals surface area contributed by atoms with Crippen molar-refractivity contribution in [2.45, 2.75) is 13.5 Å². The number of hydrogen-bond acceptors (Lipinski definition) is 5. The van der Waals surface area contributed by atoms with Crippen LogP contribution >= 0.6 is 11.5 Å². The first-order chi connectivity index (χ1) is 7.24. The Kier molecular flexibility index (Phi) is 2.82. The van der Waals surface area contributed by atoms with E-state index in [0.29, 0.717) is 0 Å². The molecule has 0 amide bonds. The second-order valence-corrected chi connectivity index (χ2v) is 4.00. The highest BCUT2D eigenvalue weighted by Gasteiger charge is 1.99. The molecule has 0 atom stereocenters. The normalized spacial score (nSPS) is 10.2. The third kappa shape index (κ3) is 2.66. The average molecular weight is 220 g/mol. The number of nitrogen functional groups attached to an aromatic ring is 1. The van der Waals surface area contributed by atoms with Crippen molar-refractivity contribution in [1.82, 2.24) is 9.36 Å². The smallest absolute Gasteiger partial charge is 0.202 e. The minimum atomic E-state index is 0.722. The first-order valence-corrected chi connectivity index (χ1v) is 5.40. The number of nitrogens with zero attached hydrogens (tertiary/aromatic N) is 2. The van der Waals surface area contributed by atoms with E-state index in [4.69, 9.17) is 5.73 Å². The minimum Gasteiger partial charge on any atom is -0.399 e. The molecular formula is C10H12N4S. The molecule has 0 bridgehead atoms. The number of hydrogen-bond donors (Lipinski definition) is 2. The molecule has 1 aromatic heterocycles. The molecule has 0 aliphatic carbocycles. The number of benzene rings is 1. The largest absolute Gasteiger partial charge is 0.399 e. The molecule has 2 rings (SSSR count). The van der Waals surface area contributed by atoms with E-state index in [1.165, 1.54) is 11.5 Å². The maximum absolute atomic E-state index is 5.68. The van der Waals surface area contributed by atoms with Gasteiger partial charge in [0.25, 0.3) is 0 Å². The van der Waals surface area contributed by atoms with Crippen LogP contribution in [0.5, 0.6) is 0 Å². The SMILES string of the molecule is Cc1nsc(NCc2cccc(N)c2)n1. The molecule has 0 radical (unpaired) electrons. The van der Waals surface area contributed by atoms with Crippen LogP contribution < -0.4 is 11.1 Å². The molecule has 0 unspecified atom stereocenters. The lowest BCUT2D eigenvalue weighted by Crippen LogP contribution is -1.99. The Morgan fingerprint density at radius 2 is 2.33 bits per heavy atom. The second-order valence-electron chi connectivity index (χ2n) is 3.25. The van der Waals surface area contributed by atoms with Crippen LogP contribution in [0.2, 0.25) is 0 Å². The first kappa shape index (κ1) is 9.92. The Labute approximate surface area is 92.3 Å². The highest BCUT2D eigenvalue weighted by Crippen LogP contribution is 2.13. The van der Waals surface area contributed by atoms with Gasteiger partial charge in [0, 0.05) is 23.8 Å². The number of aromatic nitrogens is 2. The fraction of sp³-hybridized carbons (Fsp3) is 0.200. The summed E-state index contributed by atoms with van der Waals surface area (Å²) in [5.74, 6) is 0.801. The molecule has 5 heteroatoms. The molecule has 0 saturated heterocycles. The zero-order valence-electron chi connectivity index (χ0n) is 8.40. The quantitative estimate of drug-likeness (QED) is 0.777. The highest BCUT2D eigenvalue weighted by atomic mass is 32.1. The Balaban J connectivity index is 1.99. The predicted octanol–water partition coefficient (Wildman–Crippen LogP) is 2.04. The molecule has 78 valence electrons. The lowest BCUT2D eigenvalue weighted by molar-refractivity contribution is 1.10. The van der Waals surface area contributed by atoms with E-state index in [2.05, 4.69) is 14.7 Å². The number of nitrogens with two attached hydrogens (primary N) is 1. The van der Waals surface area contributed by atoms with Crippen LogP contribution in [-0.4, -0.2) is 9.36 Å². The standard InChI is InChI=1S/C10H12N4S/c1-7-13-10(15-14-7)12-6-8-3-2-4-9(11)5-8/h2-5H,6,11H2,1H3,(H,12,13,14). The van der Waals surface area contributed by atoms with E-state index in [-0.39, 0.29) is 0 Å². The van der Waals surface area contributed by atoms with E-state index in [0.717, 1.165) is 28.8 Å². The van der Waals surface area contributed by atoms with Crippen LogP contribution in [0.3, 0.4) is 0 Å². The molecule has 1 heterocycles. The highest BCUT2D eigenvalue weighted by molar-refractivity contribution is 7.09. The van der Waals surface area contributed by atoms with Crippen molar-refractivity contribution in [2.24, 2.45) is 0 Å². The Morgan fingerprint density at radius 3 is 3.00 bits per heavy atom. The fourth-order valence-corrected chi connectivity index (χ4v) is 1.82. The lowest BCUT2D eigenvalue weighted by atomic mass is 10.2. The van der Waals surface area contributed by atoms with Gasteiger partial charge in [0.05, 0.1) is 0 Å². The first-order valence-electron chi connectivity index (χ1n) is 4.62. The average Bonchev–Trinajstić information content (AvgIpc) is 2.62. The van der Waals surface area contributed by atoms with E-state index < -0.39 is 0 Å². The van der Waals surface area contributed by atoms with Crippen molar-refractivity contribution >= 4 is 22.4 Å². The van der Waals surface area contributed by atoms with Crippen molar-refractivity contribution in [3.63, 3.8) is 0 Å². The maximum atomic E-state index is 5.68. The summed E-state index contributed by atoms with van der Waals surface area (Å²) in [6.45, 7) is 2.60. The van der Waals surface area contributed by atoms with Crippen molar-refractivity contribution in [1.29, 1.82) is 0 Å². The van der Waals surface area contributed by atoms with Gasteiger partial charge in [-0.05, 0) is 24.6 Å². The van der Waals surface area contributed by atoms with E-state index in [9.17, 15) is 0 Å². The van der Waals surface area contributed by atoms with Gasteiger partial charge in [-0.2, -0.15) is 4.37 Å². The summed E-state index contributed by atoms with van der Waals surface area (Å²) in [5.41, 5.74) is 7.60. The monoisotopic (exact) mass is 220 g/mol. The Bertz CT molecular complexity index is 452. The summed E-state index contributed by atoms with van der Waals surface area (Å²) in [5, 5.41) is 4.04. The number of aryl methyl sites for hydroxylation is 1. The number of anilines is 2. The summed E-state index contributed by atoms with van der Waals surface area (Å²) < 4.78 is 4.09. The van der Waals surface area contributed by atoms with Crippen molar-refractivity contribution in [3.8, 4) is 0 Å². The topological polar surface area (TPSA) is 63.8 Å². The molecule has 0 saturated carbocycles. The fourth-order valence-electron chi connectivity index (χ4n) is 1.25. The van der Waals surface area contributed by atoms with Crippen molar-refractivity contribution in [2.75, 3.05) is 11.1 Å². The molecule has 3 N–H and O–H groups in total. The van der Waals surface area contributed by atoms with Crippen LogP contribution in [0.4, 0.5) is 10.8 Å². The molecule has 0 aliphatic rings. The minimum absolute atomic E-state index is 0.722. The molecule has 0 fully saturated rings. The molecular weight excluding hydrogens is 208 g/mol. The van der Waals surface area contributed by atoms with Crippen molar-refractivity contribution in [3.05, 3.63) is 35.7 Å². The van der Waals surface area contributed by atoms with Gasteiger partial charge in [0.2, 0.25) is 5.13 Å². The zero-order chi connectivity index (χ0) is 10.7. The summed E-state index contributed by atoms with van der Waals surface area (Å²) in [6, 6.07) is 7.79. The van der Waals surface area contributed by atoms with Crippen molar-refractivity contribution < 1.29 is 0 Å². The van der Waals surface area contributed by atoms with Gasteiger partial charge >= 0.3 is 0 Å². The summed E-state index contributed by atoms with van der Waals surface area (Å²) >= 11 is 1.37. The maximum Gasteiger partial charge on any atom is 0.202 e. The number of nitrogens with one attached hydrogen (secondary N) is 1. The van der Waals surface area contributed by atoms with E-state index in [1.54, 1.807) is 0 Å². The molecule has 4 nitrogen and oxygen atoms in total. The summed E-state index contributed by atoms with van der Waals surface area (Å²) in [4.78, 5) is 4.21.